The summed E-state index contributed by atoms with van der Waals surface area (Å²) in [5.74, 6) is 0. The van der Waals surface area contributed by atoms with E-state index >= 15 is 0 Å². The van der Waals surface area contributed by atoms with Crippen molar-refractivity contribution in [1.82, 2.24) is 0 Å². The van der Waals surface area contributed by atoms with E-state index in [4.69, 9.17) is 0 Å². The number of aryl methyl sites for hydroxylation is 5. The molecule has 0 N–H and O–H groups in total. The Hall–Kier alpha value is -6.31. The second kappa shape index (κ2) is 12.2. The molecule has 9 rings (SSSR count). The van der Waals surface area contributed by atoms with Gasteiger partial charge in [0.05, 0.1) is 11.6 Å². The van der Waals surface area contributed by atoms with E-state index in [2.05, 4.69) is 190 Å². The van der Waals surface area contributed by atoms with E-state index in [-0.39, 0.29) is 6.71 Å². The molecule has 7 aromatic rings. The van der Waals surface area contributed by atoms with Crippen molar-refractivity contribution in [2.24, 2.45) is 0 Å². The van der Waals surface area contributed by atoms with E-state index in [1.54, 1.807) is 0 Å². The Morgan fingerprint density at radius 3 is 1.29 bits per heavy atom. The Kier molecular flexibility index (Phi) is 7.42. The van der Waals surface area contributed by atoms with E-state index in [0.29, 0.717) is 5.56 Å². The van der Waals surface area contributed by atoms with Crippen molar-refractivity contribution < 1.29 is 0 Å². The molecule has 0 bridgehead atoms. The van der Waals surface area contributed by atoms with Gasteiger partial charge in [0.15, 0.2) is 0 Å². The van der Waals surface area contributed by atoms with E-state index in [1.165, 1.54) is 55.3 Å². The fraction of sp³-hybridized carbons (Fsp3) is 0.104. The van der Waals surface area contributed by atoms with Crippen LogP contribution in [0, 0.1) is 45.9 Å². The van der Waals surface area contributed by atoms with Crippen LogP contribution in [0.25, 0.3) is 22.3 Å². The summed E-state index contributed by atoms with van der Waals surface area (Å²) in [5.41, 5.74) is 21.7. The summed E-state index contributed by atoms with van der Waals surface area (Å²) < 4.78 is 0. The smallest absolute Gasteiger partial charge is 0.252 e. The van der Waals surface area contributed by atoms with Crippen LogP contribution >= 0.6 is 0 Å². The zero-order valence-corrected chi connectivity index (χ0v) is 30.2. The molecule has 0 unspecified atom stereocenters. The maximum Gasteiger partial charge on any atom is 0.252 e. The Labute approximate surface area is 307 Å². The second-order valence-electron chi connectivity index (χ2n) is 14.6. The van der Waals surface area contributed by atoms with Crippen molar-refractivity contribution in [3.8, 4) is 28.3 Å². The first-order valence-electron chi connectivity index (χ1n) is 18.0. The number of hydrogen-bond donors (Lipinski definition) is 0. The van der Waals surface area contributed by atoms with Gasteiger partial charge in [0, 0.05) is 34.1 Å². The van der Waals surface area contributed by atoms with Crippen molar-refractivity contribution in [3.05, 3.63) is 173 Å². The van der Waals surface area contributed by atoms with Crippen LogP contribution < -0.4 is 26.2 Å². The Bertz CT molecular complexity index is 2510. The van der Waals surface area contributed by atoms with E-state index in [9.17, 15) is 5.26 Å². The number of nitrogens with zero attached hydrogens (tertiary/aromatic N) is 3. The molecule has 0 radical (unpaired) electrons. The van der Waals surface area contributed by atoms with Crippen molar-refractivity contribution in [2.75, 3.05) is 9.80 Å². The molecule has 0 amide bonds. The molecular formula is C48H38BN3. The van der Waals surface area contributed by atoms with Crippen molar-refractivity contribution in [2.45, 2.75) is 34.6 Å². The van der Waals surface area contributed by atoms with Gasteiger partial charge in [-0.1, -0.05) is 113 Å². The zero-order valence-electron chi connectivity index (χ0n) is 30.2. The lowest BCUT2D eigenvalue weighted by Gasteiger charge is -2.44. The average molecular weight is 668 g/mol. The van der Waals surface area contributed by atoms with E-state index in [1.807, 2.05) is 0 Å². The fourth-order valence-corrected chi connectivity index (χ4v) is 8.12. The summed E-state index contributed by atoms with van der Waals surface area (Å²) in [6.07, 6.45) is 0. The molecular weight excluding hydrogens is 629 g/mol. The minimum Gasteiger partial charge on any atom is -0.311 e. The van der Waals surface area contributed by atoms with Crippen molar-refractivity contribution in [1.29, 1.82) is 5.26 Å². The van der Waals surface area contributed by atoms with Crippen LogP contribution in [0.15, 0.2) is 140 Å². The summed E-state index contributed by atoms with van der Waals surface area (Å²) in [4.78, 5) is 4.78. The summed E-state index contributed by atoms with van der Waals surface area (Å²) in [6.45, 7) is 10.8. The molecule has 2 aliphatic rings. The molecule has 0 saturated carbocycles. The van der Waals surface area contributed by atoms with Crippen LogP contribution in [0.2, 0.25) is 0 Å². The summed E-state index contributed by atoms with van der Waals surface area (Å²) >= 11 is 0. The first-order valence-corrected chi connectivity index (χ1v) is 18.0. The Balaban J connectivity index is 1.37. The van der Waals surface area contributed by atoms with Gasteiger partial charge < -0.3 is 9.80 Å². The molecule has 2 aliphatic heterocycles. The van der Waals surface area contributed by atoms with Crippen molar-refractivity contribution in [3.63, 3.8) is 0 Å². The topological polar surface area (TPSA) is 30.3 Å². The standard InChI is InChI=1S/C48H38BN3/c1-30-6-14-36(15-7-30)38-26-39(37-16-8-31(2)9-17-37)28-41(27-38)52-45-21-13-34(5)23-43(45)49-42-22-33(4)12-20-44(42)51(40-18-10-32(3)11-19-40)46-24-35(29-50)25-47(52)48(46)49/h6-28H,1-5H3. The van der Waals surface area contributed by atoms with Gasteiger partial charge in [-0.2, -0.15) is 5.26 Å². The first kappa shape index (κ1) is 31.7. The normalized spacial score (nSPS) is 12.6. The van der Waals surface area contributed by atoms with Crippen LogP contribution in [0.4, 0.5) is 34.1 Å². The molecule has 0 aliphatic carbocycles. The van der Waals surface area contributed by atoms with Crippen LogP contribution in [0.5, 0.6) is 0 Å². The van der Waals surface area contributed by atoms with E-state index in [0.717, 1.165) is 45.3 Å². The molecule has 0 saturated heterocycles. The van der Waals surface area contributed by atoms with E-state index < -0.39 is 0 Å². The highest BCUT2D eigenvalue weighted by molar-refractivity contribution is 7.00. The first-order chi connectivity index (χ1) is 25.2. The lowest BCUT2D eigenvalue weighted by atomic mass is 9.33. The van der Waals surface area contributed by atoms with Crippen LogP contribution in [0.3, 0.4) is 0 Å². The molecule has 4 heteroatoms. The minimum atomic E-state index is -0.00246. The number of benzene rings is 7. The quantitative estimate of drug-likeness (QED) is 0.175. The predicted molar refractivity (Wildman–Crippen MR) is 220 cm³/mol. The third kappa shape index (κ3) is 5.21. The molecule has 0 aromatic heterocycles. The average Bonchev–Trinajstić information content (AvgIpc) is 3.15. The predicted octanol–water partition coefficient (Wildman–Crippen LogP) is 10.5. The van der Waals surface area contributed by atoms with Gasteiger partial charge in [0.1, 0.15) is 0 Å². The summed E-state index contributed by atoms with van der Waals surface area (Å²) in [5, 5.41) is 10.6. The van der Waals surface area contributed by atoms with Gasteiger partial charge in [-0.3, -0.25) is 0 Å². The highest BCUT2D eigenvalue weighted by Gasteiger charge is 2.43. The van der Waals surface area contributed by atoms with Crippen molar-refractivity contribution >= 4 is 57.2 Å². The fourth-order valence-electron chi connectivity index (χ4n) is 8.12. The molecule has 0 fully saturated rings. The maximum absolute atomic E-state index is 10.6. The van der Waals surface area contributed by atoms with Gasteiger partial charge in [-0.05, 0) is 128 Å². The van der Waals surface area contributed by atoms with Crippen LogP contribution in [0.1, 0.15) is 33.4 Å². The summed E-state index contributed by atoms with van der Waals surface area (Å²) in [7, 11) is 0. The number of rotatable bonds is 4. The summed E-state index contributed by atoms with van der Waals surface area (Å²) in [6, 6.07) is 53.7. The lowest BCUT2D eigenvalue weighted by molar-refractivity contribution is 1.24. The zero-order chi connectivity index (χ0) is 35.7. The van der Waals surface area contributed by atoms with Gasteiger partial charge in [0.25, 0.3) is 6.71 Å². The number of hydrogen-bond acceptors (Lipinski definition) is 3. The molecule has 2 heterocycles. The highest BCUT2D eigenvalue weighted by Crippen LogP contribution is 2.46. The maximum atomic E-state index is 10.6. The van der Waals surface area contributed by atoms with Crippen LogP contribution in [-0.4, -0.2) is 6.71 Å². The van der Waals surface area contributed by atoms with Gasteiger partial charge in [0.2, 0.25) is 0 Å². The number of fused-ring (bicyclic) bond motifs is 4. The van der Waals surface area contributed by atoms with Gasteiger partial charge in [-0.15, -0.1) is 0 Å². The molecule has 3 nitrogen and oxygen atoms in total. The largest absolute Gasteiger partial charge is 0.311 e. The lowest BCUT2D eigenvalue weighted by Crippen LogP contribution is -2.61. The number of nitriles is 1. The third-order valence-corrected chi connectivity index (χ3v) is 10.7. The highest BCUT2D eigenvalue weighted by atomic mass is 15.2. The monoisotopic (exact) mass is 667 g/mol. The molecule has 0 atom stereocenters. The molecule has 0 spiro atoms. The Morgan fingerprint density at radius 2 is 0.827 bits per heavy atom. The molecule has 248 valence electrons. The second-order valence-corrected chi connectivity index (χ2v) is 14.6. The van der Waals surface area contributed by atoms with Gasteiger partial charge >= 0.3 is 0 Å². The minimum absolute atomic E-state index is 0.00246. The van der Waals surface area contributed by atoms with Gasteiger partial charge in [-0.25, -0.2) is 0 Å². The Morgan fingerprint density at radius 1 is 0.404 bits per heavy atom. The van der Waals surface area contributed by atoms with Crippen LogP contribution in [-0.2, 0) is 0 Å². The number of anilines is 6. The third-order valence-electron chi connectivity index (χ3n) is 10.7. The SMILES string of the molecule is Cc1ccc(-c2cc(-c3ccc(C)cc3)cc(N3c4ccc(C)cc4B4c5cc(C)ccc5N(c5ccc(C)cc5)c5cc(C#N)cc3c54)c2)cc1. The molecule has 52 heavy (non-hydrogen) atoms. The molecule has 7 aromatic carbocycles.